The molecule has 1 rings (SSSR count). The highest BCUT2D eigenvalue weighted by Gasteiger charge is 2.39. The molecule has 0 bridgehead atoms. The zero-order valence-corrected chi connectivity index (χ0v) is 13.7. The van der Waals surface area contributed by atoms with Crippen molar-refractivity contribution in [3.05, 3.63) is 0 Å². The van der Waals surface area contributed by atoms with Crippen LogP contribution < -0.4 is 5.32 Å². The molecule has 5 nitrogen and oxygen atoms in total. The van der Waals surface area contributed by atoms with Gasteiger partial charge in [0.2, 0.25) is 0 Å². The van der Waals surface area contributed by atoms with E-state index in [0.29, 0.717) is 13.2 Å². The first-order valence-corrected chi connectivity index (χ1v) is 9.77. The monoisotopic (exact) mass is 289 g/mol. The maximum atomic E-state index is 11.0. The lowest BCUT2D eigenvalue weighted by molar-refractivity contribution is -0.152. The van der Waals surface area contributed by atoms with Crippen LogP contribution in [0.25, 0.3) is 0 Å². The van der Waals surface area contributed by atoms with Crippen LogP contribution in [0.1, 0.15) is 27.2 Å². The van der Waals surface area contributed by atoms with Gasteiger partial charge in [-0.2, -0.15) is 0 Å². The second-order valence-electron chi connectivity index (χ2n) is 6.65. The minimum Gasteiger partial charge on any atom is -0.479 e. The molecule has 1 aliphatic rings. The molecule has 1 saturated heterocycles. The molecule has 0 aromatic carbocycles. The van der Waals surface area contributed by atoms with Gasteiger partial charge in [-0.3, -0.25) is 0 Å². The van der Waals surface area contributed by atoms with Crippen molar-refractivity contribution < 1.29 is 19.1 Å². The van der Waals surface area contributed by atoms with Crippen LogP contribution in [-0.2, 0) is 14.0 Å². The van der Waals surface area contributed by atoms with Crippen LogP contribution in [0.5, 0.6) is 0 Å². The smallest absolute Gasteiger partial charge is 0.334 e. The number of ether oxygens (including phenoxy) is 1. The van der Waals surface area contributed by atoms with Gasteiger partial charge >= 0.3 is 5.97 Å². The number of rotatable bonds is 3. The summed E-state index contributed by atoms with van der Waals surface area (Å²) in [7, 11) is -1.84. The molecule has 0 saturated carbocycles. The third kappa shape index (κ3) is 4.87. The molecule has 6 heteroatoms. The summed E-state index contributed by atoms with van der Waals surface area (Å²) in [5, 5.41) is 12.3. The van der Waals surface area contributed by atoms with E-state index in [9.17, 15) is 4.79 Å². The van der Waals surface area contributed by atoms with E-state index >= 15 is 0 Å². The number of carboxylic acid groups (broad SMARTS) is 1. The largest absolute Gasteiger partial charge is 0.479 e. The van der Waals surface area contributed by atoms with E-state index < -0.39 is 20.4 Å². The van der Waals surface area contributed by atoms with Crippen molar-refractivity contribution in [3.8, 4) is 0 Å². The van der Waals surface area contributed by atoms with Crippen LogP contribution in [-0.4, -0.2) is 51.3 Å². The summed E-state index contributed by atoms with van der Waals surface area (Å²) in [5.74, 6) is -0.916. The Morgan fingerprint density at radius 2 is 2.05 bits per heavy atom. The molecule has 0 aromatic heterocycles. The van der Waals surface area contributed by atoms with Crippen LogP contribution in [0.3, 0.4) is 0 Å². The number of aliphatic carboxylic acids is 1. The predicted octanol–water partition coefficient (Wildman–Crippen LogP) is 1.84. The topological polar surface area (TPSA) is 67.8 Å². The second kappa shape index (κ2) is 6.34. The Balaban J connectivity index is 2.61. The molecule has 2 unspecified atom stereocenters. The Bertz CT molecular complexity index is 314. The Labute approximate surface area is 116 Å². The van der Waals surface area contributed by atoms with Crippen molar-refractivity contribution >= 4 is 14.3 Å². The summed E-state index contributed by atoms with van der Waals surface area (Å²) in [6.45, 7) is 12.5. The zero-order valence-electron chi connectivity index (χ0n) is 12.7. The van der Waals surface area contributed by atoms with Gasteiger partial charge in [0, 0.05) is 6.54 Å². The fourth-order valence-electron chi connectivity index (χ4n) is 1.71. The lowest BCUT2D eigenvalue weighted by Gasteiger charge is -2.40. The quantitative estimate of drug-likeness (QED) is 0.776. The minimum atomic E-state index is -1.84. The summed E-state index contributed by atoms with van der Waals surface area (Å²) in [4.78, 5) is 11.0. The second-order valence-corrected chi connectivity index (χ2v) is 11.4. The van der Waals surface area contributed by atoms with Crippen molar-refractivity contribution in [2.24, 2.45) is 0 Å². The molecule has 0 spiro atoms. The van der Waals surface area contributed by atoms with E-state index in [2.05, 4.69) is 39.2 Å². The third-order valence-electron chi connectivity index (χ3n) is 4.00. The highest BCUT2D eigenvalue weighted by molar-refractivity contribution is 6.74. The molecule has 0 aromatic rings. The molecule has 19 heavy (non-hydrogen) atoms. The number of hydrogen-bond acceptors (Lipinski definition) is 4. The summed E-state index contributed by atoms with van der Waals surface area (Å²) < 4.78 is 11.7. The first-order chi connectivity index (χ1) is 8.63. The van der Waals surface area contributed by atoms with Gasteiger partial charge < -0.3 is 19.6 Å². The highest BCUT2D eigenvalue weighted by Crippen LogP contribution is 2.37. The van der Waals surface area contributed by atoms with Gasteiger partial charge in [0.15, 0.2) is 14.4 Å². The molecule has 0 aliphatic carbocycles. The van der Waals surface area contributed by atoms with E-state index in [4.69, 9.17) is 14.3 Å². The molecule has 1 aliphatic heterocycles. The van der Waals surface area contributed by atoms with E-state index in [1.54, 1.807) is 0 Å². The number of nitrogens with one attached hydrogen (secondary N) is 1. The minimum absolute atomic E-state index is 0.0180. The number of carbonyl (C=O) groups is 1. The average molecular weight is 289 g/mol. The fraction of sp³-hybridized carbons (Fsp3) is 0.923. The summed E-state index contributed by atoms with van der Waals surface area (Å²) >= 11 is 0. The predicted molar refractivity (Wildman–Crippen MR) is 76.9 cm³/mol. The van der Waals surface area contributed by atoms with Gasteiger partial charge in [0.05, 0.1) is 12.7 Å². The van der Waals surface area contributed by atoms with Gasteiger partial charge in [-0.15, -0.1) is 0 Å². The Kier molecular flexibility index (Phi) is 5.55. The van der Waals surface area contributed by atoms with Crippen LogP contribution in [0.15, 0.2) is 0 Å². The normalized spacial score (nSPS) is 26.6. The molecule has 0 radical (unpaired) electrons. The Hall–Kier alpha value is -0.433. The fourth-order valence-corrected chi connectivity index (χ4v) is 3.08. The Morgan fingerprint density at radius 3 is 2.58 bits per heavy atom. The number of carboxylic acids is 1. The lowest BCUT2D eigenvalue weighted by Crippen LogP contribution is -2.48. The zero-order chi connectivity index (χ0) is 14.7. The maximum absolute atomic E-state index is 11.0. The van der Waals surface area contributed by atoms with Crippen molar-refractivity contribution in [2.75, 3.05) is 19.7 Å². The van der Waals surface area contributed by atoms with Crippen LogP contribution in [0, 0.1) is 0 Å². The molecular weight excluding hydrogens is 262 g/mol. The molecule has 0 amide bonds. The van der Waals surface area contributed by atoms with Gasteiger partial charge in [0.1, 0.15) is 0 Å². The van der Waals surface area contributed by atoms with Crippen molar-refractivity contribution in [1.82, 2.24) is 5.32 Å². The van der Waals surface area contributed by atoms with E-state index in [0.717, 1.165) is 13.0 Å². The Morgan fingerprint density at radius 1 is 1.42 bits per heavy atom. The molecule has 2 atom stereocenters. The SMILES string of the molecule is CC(C)(C)[Si](C)(C)OC1CCNCC(C(=O)O)OC1. The standard InChI is InChI=1S/C13H27NO4Si/c1-13(2,3)19(4,5)18-10-6-7-14-8-11(12(15)16)17-9-10/h10-11,14H,6-9H2,1-5H3,(H,15,16). The molecular formula is C13H27NO4Si. The summed E-state index contributed by atoms with van der Waals surface area (Å²) in [6, 6.07) is 0. The van der Waals surface area contributed by atoms with Gasteiger partial charge in [-0.25, -0.2) is 4.79 Å². The summed E-state index contributed by atoms with van der Waals surface area (Å²) in [5.41, 5.74) is 0. The lowest BCUT2D eigenvalue weighted by atomic mass is 10.2. The van der Waals surface area contributed by atoms with Crippen LogP contribution in [0.4, 0.5) is 0 Å². The van der Waals surface area contributed by atoms with Gasteiger partial charge in [0.25, 0.3) is 0 Å². The first kappa shape index (κ1) is 16.6. The van der Waals surface area contributed by atoms with Crippen LogP contribution in [0.2, 0.25) is 18.1 Å². The van der Waals surface area contributed by atoms with Crippen molar-refractivity contribution in [2.45, 2.75) is 57.5 Å². The summed E-state index contributed by atoms with van der Waals surface area (Å²) in [6.07, 6.45) is 0.0696. The maximum Gasteiger partial charge on any atom is 0.334 e. The van der Waals surface area contributed by atoms with Crippen LogP contribution >= 0.6 is 0 Å². The van der Waals surface area contributed by atoms with E-state index in [1.165, 1.54) is 0 Å². The van der Waals surface area contributed by atoms with Gasteiger partial charge in [-0.1, -0.05) is 20.8 Å². The van der Waals surface area contributed by atoms with E-state index in [1.807, 2.05) is 0 Å². The molecule has 1 heterocycles. The van der Waals surface area contributed by atoms with Crippen molar-refractivity contribution in [3.63, 3.8) is 0 Å². The number of hydrogen-bond donors (Lipinski definition) is 2. The molecule has 112 valence electrons. The third-order valence-corrected chi connectivity index (χ3v) is 8.53. The average Bonchev–Trinajstić information content (AvgIpc) is 2.19. The van der Waals surface area contributed by atoms with E-state index in [-0.39, 0.29) is 11.1 Å². The highest BCUT2D eigenvalue weighted by atomic mass is 28.4. The first-order valence-electron chi connectivity index (χ1n) is 6.86. The van der Waals surface area contributed by atoms with Crippen molar-refractivity contribution in [1.29, 1.82) is 0 Å². The van der Waals surface area contributed by atoms with Gasteiger partial charge in [-0.05, 0) is 31.1 Å². The molecule has 2 N–H and O–H groups in total. The molecule has 1 fully saturated rings.